The summed E-state index contributed by atoms with van der Waals surface area (Å²) in [7, 11) is 0. The Balaban J connectivity index is 2.00. The fraction of sp³-hybridized carbons (Fsp3) is 0.421. The van der Waals surface area contributed by atoms with Crippen molar-refractivity contribution < 1.29 is 14.6 Å². The molecule has 2 aromatic rings. The number of ether oxygens (including phenoxy) is 1. The predicted octanol–water partition coefficient (Wildman–Crippen LogP) is 4.08. The first-order chi connectivity index (χ1) is 12.0. The number of nitrogens with zero attached hydrogens (tertiary/aromatic N) is 3. The summed E-state index contributed by atoms with van der Waals surface area (Å²) in [6.45, 7) is 5.54. The number of nitriles is 1. The molecule has 0 radical (unpaired) electrons. The number of carboxylic acids is 1. The average Bonchev–Trinajstić information content (AvgIpc) is 3.36. The summed E-state index contributed by atoms with van der Waals surface area (Å²) < 4.78 is 7.66. The van der Waals surface area contributed by atoms with Gasteiger partial charge >= 0.3 is 5.97 Å². The van der Waals surface area contributed by atoms with Crippen molar-refractivity contribution in [2.24, 2.45) is 0 Å². The van der Waals surface area contributed by atoms with E-state index in [0.717, 1.165) is 29.8 Å². The fourth-order valence-electron chi connectivity index (χ4n) is 2.97. The first-order valence-corrected chi connectivity index (χ1v) is 8.46. The van der Waals surface area contributed by atoms with Crippen LogP contribution in [-0.4, -0.2) is 20.9 Å². The van der Waals surface area contributed by atoms with Crippen LogP contribution in [0.25, 0.3) is 0 Å². The Labute approximate surface area is 146 Å². The molecule has 1 saturated carbocycles. The van der Waals surface area contributed by atoms with E-state index in [-0.39, 0.29) is 0 Å². The largest absolute Gasteiger partial charge is 0.480 e. The van der Waals surface area contributed by atoms with Gasteiger partial charge in [-0.15, -0.1) is 0 Å². The van der Waals surface area contributed by atoms with Gasteiger partial charge in [-0.3, -0.25) is 4.68 Å². The minimum absolute atomic E-state index is 0.334. The van der Waals surface area contributed by atoms with Crippen LogP contribution in [0, 0.1) is 25.2 Å². The van der Waals surface area contributed by atoms with Crippen molar-refractivity contribution in [2.75, 3.05) is 0 Å². The van der Waals surface area contributed by atoms with Crippen molar-refractivity contribution in [1.29, 1.82) is 5.26 Å². The van der Waals surface area contributed by atoms with E-state index in [1.807, 2.05) is 26.8 Å². The first kappa shape index (κ1) is 17.0. The van der Waals surface area contributed by atoms with Crippen molar-refractivity contribution in [3.8, 4) is 17.6 Å². The molecule has 130 valence electrons. The van der Waals surface area contributed by atoms with Gasteiger partial charge < -0.3 is 9.84 Å². The second kappa shape index (κ2) is 6.60. The number of hydrogen-bond donors (Lipinski definition) is 1. The van der Waals surface area contributed by atoms with E-state index in [4.69, 9.17) is 10.00 Å². The molecule has 1 fully saturated rings. The Morgan fingerprint density at radius 3 is 2.72 bits per heavy atom. The molecule has 1 aromatic carbocycles. The molecule has 3 rings (SSSR count). The number of aliphatic carboxylic acids is 1. The highest BCUT2D eigenvalue weighted by Gasteiger charge is 2.34. The number of carbonyl (C=O) groups is 1. The van der Waals surface area contributed by atoms with Gasteiger partial charge in [0.05, 0.1) is 17.3 Å². The van der Waals surface area contributed by atoms with Gasteiger partial charge in [0.25, 0.3) is 0 Å². The van der Waals surface area contributed by atoms with Crippen LogP contribution in [0.15, 0.2) is 18.2 Å². The van der Waals surface area contributed by atoms with E-state index in [1.165, 1.54) is 0 Å². The van der Waals surface area contributed by atoms with Gasteiger partial charge in [-0.2, -0.15) is 10.4 Å². The Hall–Kier alpha value is -2.81. The van der Waals surface area contributed by atoms with Crippen LogP contribution < -0.4 is 4.74 Å². The standard InChI is InChI=1S/C19H21N3O3/c1-4-16(19(23)24)22-12(3)18(17(21-22)13-5-6-13)25-15-8-7-14(10-20)11(2)9-15/h7-9,13,16H,4-6H2,1-3H3,(H,23,24). The lowest BCUT2D eigenvalue weighted by Gasteiger charge is -2.13. The highest BCUT2D eigenvalue weighted by atomic mass is 16.5. The van der Waals surface area contributed by atoms with Crippen molar-refractivity contribution >= 4 is 5.97 Å². The molecule has 0 amide bonds. The molecule has 1 unspecified atom stereocenters. The quantitative estimate of drug-likeness (QED) is 0.857. The van der Waals surface area contributed by atoms with E-state index < -0.39 is 12.0 Å². The normalized spacial score (nSPS) is 14.8. The molecule has 25 heavy (non-hydrogen) atoms. The van der Waals surface area contributed by atoms with Gasteiger partial charge in [-0.1, -0.05) is 6.92 Å². The Morgan fingerprint density at radius 1 is 1.48 bits per heavy atom. The van der Waals surface area contributed by atoms with E-state index in [1.54, 1.807) is 16.8 Å². The lowest BCUT2D eigenvalue weighted by Crippen LogP contribution is -2.20. The second-order valence-corrected chi connectivity index (χ2v) is 6.47. The highest BCUT2D eigenvalue weighted by Crippen LogP contribution is 2.46. The molecule has 0 saturated heterocycles. The van der Waals surface area contributed by atoms with Gasteiger partial charge in [-0.05, 0) is 56.9 Å². The Bertz CT molecular complexity index is 860. The lowest BCUT2D eigenvalue weighted by molar-refractivity contribution is -0.141. The summed E-state index contributed by atoms with van der Waals surface area (Å²) in [5.41, 5.74) is 3.01. The third-order valence-corrected chi connectivity index (χ3v) is 4.59. The summed E-state index contributed by atoms with van der Waals surface area (Å²) >= 11 is 0. The lowest BCUT2D eigenvalue weighted by atomic mass is 10.1. The molecular formula is C19H21N3O3. The number of rotatable bonds is 6. The monoisotopic (exact) mass is 339 g/mol. The second-order valence-electron chi connectivity index (χ2n) is 6.47. The van der Waals surface area contributed by atoms with Gasteiger partial charge in [-0.25, -0.2) is 4.79 Å². The van der Waals surface area contributed by atoms with E-state index >= 15 is 0 Å². The van der Waals surface area contributed by atoms with Crippen molar-refractivity contribution in [1.82, 2.24) is 9.78 Å². The van der Waals surface area contributed by atoms with E-state index in [9.17, 15) is 9.90 Å². The number of carboxylic acid groups (broad SMARTS) is 1. The molecule has 0 bridgehead atoms. The Morgan fingerprint density at radius 2 is 2.20 bits per heavy atom. The third-order valence-electron chi connectivity index (χ3n) is 4.59. The minimum Gasteiger partial charge on any atom is -0.480 e. The van der Waals surface area contributed by atoms with Crippen molar-refractivity contribution in [2.45, 2.75) is 52.0 Å². The summed E-state index contributed by atoms with van der Waals surface area (Å²) in [5.74, 6) is 0.715. The zero-order chi connectivity index (χ0) is 18.1. The zero-order valence-electron chi connectivity index (χ0n) is 14.6. The molecule has 0 spiro atoms. The summed E-state index contributed by atoms with van der Waals surface area (Å²) in [6, 6.07) is 6.75. The van der Waals surface area contributed by atoms with Gasteiger partial charge in [0.15, 0.2) is 5.75 Å². The molecule has 1 aliphatic rings. The highest BCUT2D eigenvalue weighted by molar-refractivity contribution is 5.72. The molecular weight excluding hydrogens is 318 g/mol. The van der Waals surface area contributed by atoms with Crippen LogP contribution in [0.3, 0.4) is 0 Å². The van der Waals surface area contributed by atoms with Crippen LogP contribution in [0.4, 0.5) is 0 Å². The Kier molecular flexibility index (Phi) is 4.49. The van der Waals surface area contributed by atoms with Crippen LogP contribution >= 0.6 is 0 Å². The maximum Gasteiger partial charge on any atom is 0.328 e. The van der Waals surface area contributed by atoms with Crippen molar-refractivity contribution in [3.05, 3.63) is 40.7 Å². The summed E-state index contributed by atoms with van der Waals surface area (Å²) in [4.78, 5) is 11.5. The number of benzene rings is 1. The molecule has 1 heterocycles. The predicted molar refractivity (Wildman–Crippen MR) is 91.9 cm³/mol. The van der Waals surface area contributed by atoms with E-state index in [0.29, 0.717) is 29.4 Å². The molecule has 1 aliphatic carbocycles. The number of aryl methyl sites for hydroxylation is 1. The van der Waals surface area contributed by atoms with Crippen LogP contribution in [-0.2, 0) is 4.79 Å². The van der Waals surface area contributed by atoms with E-state index in [2.05, 4.69) is 11.2 Å². The third kappa shape index (κ3) is 3.22. The molecule has 6 nitrogen and oxygen atoms in total. The van der Waals surface area contributed by atoms with Gasteiger partial charge in [0, 0.05) is 5.92 Å². The maximum atomic E-state index is 11.5. The maximum absolute atomic E-state index is 11.5. The summed E-state index contributed by atoms with van der Waals surface area (Å²) in [5, 5.41) is 23.1. The molecule has 1 atom stereocenters. The minimum atomic E-state index is -0.892. The zero-order valence-corrected chi connectivity index (χ0v) is 14.6. The summed E-state index contributed by atoms with van der Waals surface area (Å²) in [6.07, 6.45) is 2.55. The molecule has 0 aliphatic heterocycles. The number of hydrogen-bond acceptors (Lipinski definition) is 4. The molecule has 6 heteroatoms. The first-order valence-electron chi connectivity index (χ1n) is 8.46. The van der Waals surface area contributed by atoms with Gasteiger partial charge in [0.2, 0.25) is 0 Å². The number of aromatic nitrogens is 2. The average molecular weight is 339 g/mol. The SMILES string of the molecule is CCC(C(=O)O)n1nc(C2CC2)c(Oc2ccc(C#N)c(C)c2)c1C. The molecule has 1 aromatic heterocycles. The smallest absolute Gasteiger partial charge is 0.328 e. The fourth-order valence-corrected chi connectivity index (χ4v) is 2.97. The van der Waals surface area contributed by atoms with Crippen LogP contribution in [0.5, 0.6) is 11.5 Å². The topological polar surface area (TPSA) is 88.1 Å². The van der Waals surface area contributed by atoms with Crippen molar-refractivity contribution in [3.63, 3.8) is 0 Å². The molecule has 1 N–H and O–H groups in total. The van der Waals surface area contributed by atoms with Crippen LogP contribution in [0.2, 0.25) is 0 Å². The van der Waals surface area contributed by atoms with Gasteiger partial charge in [0.1, 0.15) is 17.5 Å². The van der Waals surface area contributed by atoms with Crippen LogP contribution in [0.1, 0.15) is 60.7 Å².